The molecule has 0 amide bonds. The van der Waals surface area contributed by atoms with Crippen molar-refractivity contribution in [2.24, 2.45) is 0 Å². The van der Waals surface area contributed by atoms with Crippen molar-refractivity contribution in [1.82, 2.24) is 0 Å². The molecule has 2 nitrogen and oxygen atoms in total. The summed E-state index contributed by atoms with van der Waals surface area (Å²) in [5.74, 6) is 0. The maximum absolute atomic E-state index is 10.2. The van der Waals surface area contributed by atoms with Gasteiger partial charge < -0.3 is 9.84 Å². The van der Waals surface area contributed by atoms with Crippen molar-refractivity contribution < 1.29 is 9.84 Å². The van der Waals surface area contributed by atoms with Crippen molar-refractivity contribution in [2.45, 2.75) is 45.3 Å². The fourth-order valence-corrected chi connectivity index (χ4v) is 1.98. The Kier molecular flexibility index (Phi) is 4.99. The SMILES string of the molecule is COC(C)(C)CCC(O)c1ccc(Cl)cc1C. The van der Waals surface area contributed by atoms with Crippen LogP contribution in [0.4, 0.5) is 0 Å². The number of benzene rings is 1. The van der Waals surface area contributed by atoms with Crippen LogP contribution >= 0.6 is 11.6 Å². The van der Waals surface area contributed by atoms with Crippen LogP contribution in [0.2, 0.25) is 5.02 Å². The van der Waals surface area contributed by atoms with E-state index in [1.807, 2.05) is 39.0 Å². The first-order valence-electron chi connectivity index (χ1n) is 5.85. The largest absolute Gasteiger partial charge is 0.388 e. The lowest BCUT2D eigenvalue weighted by Crippen LogP contribution is -2.23. The summed E-state index contributed by atoms with van der Waals surface area (Å²) in [4.78, 5) is 0. The van der Waals surface area contributed by atoms with Crippen LogP contribution < -0.4 is 0 Å². The van der Waals surface area contributed by atoms with Crippen LogP contribution in [0.3, 0.4) is 0 Å². The third-order valence-corrected chi connectivity index (χ3v) is 3.40. The number of aliphatic hydroxyl groups excluding tert-OH is 1. The van der Waals surface area contributed by atoms with Crippen LogP contribution in [0.1, 0.15) is 43.9 Å². The molecule has 1 atom stereocenters. The zero-order valence-electron chi connectivity index (χ0n) is 11.0. The lowest BCUT2D eigenvalue weighted by atomic mass is 9.94. The number of aliphatic hydroxyl groups is 1. The maximum Gasteiger partial charge on any atom is 0.0793 e. The van der Waals surface area contributed by atoms with Gasteiger partial charge in [-0.1, -0.05) is 17.7 Å². The highest BCUT2D eigenvalue weighted by atomic mass is 35.5. The van der Waals surface area contributed by atoms with Gasteiger partial charge in [-0.25, -0.2) is 0 Å². The molecule has 0 radical (unpaired) electrons. The summed E-state index contributed by atoms with van der Waals surface area (Å²) < 4.78 is 5.34. The Hall–Kier alpha value is -0.570. The van der Waals surface area contributed by atoms with Crippen molar-refractivity contribution in [1.29, 1.82) is 0 Å². The quantitative estimate of drug-likeness (QED) is 0.866. The molecule has 1 rings (SSSR count). The molecule has 0 bridgehead atoms. The highest BCUT2D eigenvalue weighted by molar-refractivity contribution is 6.30. The van der Waals surface area contributed by atoms with E-state index in [1.54, 1.807) is 7.11 Å². The molecule has 17 heavy (non-hydrogen) atoms. The van der Waals surface area contributed by atoms with E-state index in [4.69, 9.17) is 16.3 Å². The molecule has 0 aliphatic carbocycles. The fourth-order valence-electron chi connectivity index (χ4n) is 1.75. The molecular weight excluding hydrogens is 236 g/mol. The summed E-state index contributed by atoms with van der Waals surface area (Å²) in [6.45, 7) is 6.01. The molecule has 3 heteroatoms. The summed E-state index contributed by atoms with van der Waals surface area (Å²) in [5, 5.41) is 10.9. The van der Waals surface area contributed by atoms with Crippen molar-refractivity contribution in [3.63, 3.8) is 0 Å². The minimum atomic E-state index is -0.457. The summed E-state index contributed by atoms with van der Waals surface area (Å²) in [5.41, 5.74) is 1.78. The Morgan fingerprint density at radius 1 is 1.41 bits per heavy atom. The molecule has 0 spiro atoms. The monoisotopic (exact) mass is 256 g/mol. The van der Waals surface area contributed by atoms with Crippen LogP contribution in [0.5, 0.6) is 0 Å². The van der Waals surface area contributed by atoms with Crippen LogP contribution in [0, 0.1) is 6.92 Å². The van der Waals surface area contributed by atoms with Crippen LogP contribution in [0.15, 0.2) is 18.2 Å². The van der Waals surface area contributed by atoms with E-state index in [0.29, 0.717) is 11.4 Å². The summed E-state index contributed by atoms with van der Waals surface area (Å²) in [6, 6.07) is 5.58. The van der Waals surface area contributed by atoms with Crippen LogP contribution in [-0.2, 0) is 4.74 Å². The van der Waals surface area contributed by atoms with Crippen LogP contribution in [-0.4, -0.2) is 17.8 Å². The third kappa shape index (κ3) is 4.30. The first kappa shape index (κ1) is 14.5. The Bertz CT molecular complexity index is 374. The molecule has 1 aromatic rings. The molecule has 0 saturated carbocycles. The van der Waals surface area contributed by atoms with E-state index >= 15 is 0 Å². The number of methoxy groups -OCH3 is 1. The second kappa shape index (κ2) is 5.85. The van der Waals surface area contributed by atoms with Gasteiger partial charge in [0.25, 0.3) is 0 Å². The van der Waals surface area contributed by atoms with E-state index in [2.05, 4.69) is 0 Å². The minimum Gasteiger partial charge on any atom is -0.388 e. The number of hydrogen-bond donors (Lipinski definition) is 1. The first-order valence-corrected chi connectivity index (χ1v) is 6.23. The lowest BCUT2D eigenvalue weighted by molar-refractivity contribution is 0.00273. The molecule has 1 unspecified atom stereocenters. The molecule has 96 valence electrons. The predicted molar refractivity (Wildman–Crippen MR) is 71.5 cm³/mol. The summed E-state index contributed by atoms with van der Waals surface area (Å²) in [6.07, 6.45) is 1.04. The molecule has 1 aromatic carbocycles. The molecular formula is C14H21ClO2. The molecule has 0 aromatic heterocycles. The number of hydrogen-bond acceptors (Lipinski definition) is 2. The second-order valence-corrected chi connectivity index (χ2v) is 5.46. The highest BCUT2D eigenvalue weighted by Gasteiger charge is 2.19. The standard InChI is InChI=1S/C14H21ClO2/c1-10-9-11(15)5-6-12(10)13(16)7-8-14(2,3)17-4/h5-6,9,13,16H,7-8H2,1-4H3. The lowest BCUT2D eigenvalue weighted by Gasteiger charge is -2.24. The highest BCUT2D eigenvalue weighted by Crippen LogP contribution is 2.27. The van der Waals surface area contributed by atoms with Gasteiger partial charge in [0.1, 0.15) is 0 Å². The number of ether oxygens (including phenoxy) is 1. The Morgan fingerprint density at radius 2 is 2.06 bits per heavy atom. The second-order valence-electron chi connectivity index (χ2n) is 5.02. The molecule has 0 aliphatic heterocycles. The van der Waals surface area contributed by atoms with Crippen molar-refractivity contribution in [3.8, 4) is 0 Å². The van der Waals surface area contributed by atoms with Gasteiger partial charge in [0.05, 0.1) is 11.7 Å². The molecule has 0 fully saturated rings. The summed E-state index contributed by atoms with van der Waals surface area (Å²) in [7, 11) is 1.69. The summed E-state index contributed by atoms with van der Waals surface area (Å²) >= 11 is 5.89. The van der Waals surface area contributed by atoms with Gasteiger partial charge >= 0.3 is 0 Å². The molecule has 1 N–H and O–H groups in total. The van der Waals surface area contributed by atoms with E-state index in [-0.39, 0.29) is 5.60 Å². The zero-order chi connectivity index (χ0) is 13.1. The van der Waals surface area contributed by atoms with Gasteiger partial charge in [0, 0.05) is 12.1 Å². The average molecular weight is 257 g/mol. The topological polar surface area (TPSA) is 29.5 Å². The Labute approximate surface area is 109 Å². The van der Waals surface area contributed by atoms with Gasteiger partial charge in [-0.05, 0) is 56.9 Å². The number of rotatable bonds is 5. The third-order valence-electron chi connectivity index (χ3n) is 3.16. The van der Waals surface area contributed by atoms with Crippen molar-refractivity contribution in [3.05, 3.63) is 34.3 Å². The molecule has 0 heterocycles. The van der Waals surface area contributed by atoms with E-state index in [9.17, 15) is 5.11 Å². The van der Waals surface area contributed by atoms with E-state index in [0.717, 1.165) is 17.5 Å². The Balaban J connectivity index is 2.67. The van der Waals surface area contributed by atoms with Gasteiger partial charge in [0.2, 0.25) is 0 Å². The van der Waals surface area contributed by atoms with Gasteiger partial charge in [-0.2, -0.15) is 0 Å². The normalized spacial score (nSPS) is 13.8. The van der Waals surface area contributed by atoms with Crippen molar-refractivity contribution in [2.75, 3.05) is 7.11 Å². The zero-order valence-corrected chi connectivity index (χ0v) is 11.7. The Morgan fingerprint density at radius 3 is 2.59 bits per heavy atom. The first-order chi connectivity index (χ1) is 7.85. The maximum atomic E-state index is 10.2. The average Bonchev–Trinajstić information content (AvgIpc) is 2.26. The smallest absolute Gasteiger partial charge is 0.0793 e. The van der Waals surface area contributed by atoms with Gasteiger partial charge in [-0.15, -0.1) is 0 Å². The molecule has 0 aliphatic rings. The van der Waals surface area contributed by atoms with E-state index < -0.39 is 6.10 Å². The molecule has 0 saturated heterocycles. The van der Waals surface area contributed by atoms with Gasteiger partial charge in [-0.3, -0.25) is 0 Å². The van der Waals surface area contributed by atoms with Crippen LogP contribution in [0.25, 0.3) is 0 Å². The van der Waals surface area contributed by atoms with E-state index in [1.165, 1.54) is 0 Å². The number of halogens is 1. The fraction of sp³-hybridized carbons (Fsp3) is 0.571. The van der Waals surface area contributed by atoms with Crippen molar-refractivity contribution >= 4 is 11.6 Å². The minimum absolute atomic E-state index is 0.193. The number of aryl methyl sites for hydroxylation is 1. The predicted octanol–water partition coefficient (Wildman–Crippen LogP) is 3.89. The van der Waals surface area contributed by atoms with Gasteiger partial charge in [0.15, 0.2) is 0 Å².